The number of hydrogen-bond acceptors (Lipinski definition) is 6. The molecule has 0 saturated carbocycles. The summed E-state index contributed by atoms with van der Waals surface area (Å²) in [4.78, 5) is 22.1. The quantitative estimate of drug-likeness (QED) is 0.567. The lowest BCUT2D eigenvalue weighted by Gasteiger charge is -2.20. The maximum atomic E-state index is 11.7. The minimum atomic E-state index is -1.04. The first-order valence-electron chi connectivity index (χ1n) is 7.01. The summed E-state index contributed by atoms with van der Waals surface area (Å²) < 4.78 is 15.7. The number of carboxylic acids is 1. The molecule has 8 heteroatoms. The molecule has 124 valence electrons. The van der Waals surface area contributed by atoms with Crippen molar-refractivity contribution < 1.29 is 28.9 Å². The number of hydrogen-bond donors (Lipinski definition) is 2. The molecule has 1 heterocycles. The Bertz CT molecular complexity index is 578. The molecule has 8 nitrogen and oxygen atoms in total. The lowest BCUT2D eigenvalue weighted by Crippen LogP contribution is -2.33. The second-order valence-corrected chi connectivity index (χ2v) is 5.05. The first-order valence-corrected chi connectivity index (χ1v) is 7.01. The van der Waals surface area contributed by atoms with Gasteiger partial charge >= 0.3 is 5.97 Å². The zero-order chi connectivity index (χ0) is 16.7. The third-order valence-corrected chi connectivity index (χ3v) is 3.03. The van der Waals surface area contributed by atoms with Gasteiger partial charge in [0, 0.05) is 0 Å². The first-order chi connectivity index (χ1) is 11.0. The molecule has 0 aliphatic carbocycles. The van der Waals surface area contributed by atoms with Crippen molar-refractivity contribution in [3.8, 4) is 5.75 Å². The summed E-state index contributed by atoms with van der Waals surface area (Å²) in [6.45, 7) is 2.26. The normalized spacial score (nSPS) is 16.4. The summed E-state index contributed by atoms with van der Waals surface area (Å²) in [5, 5.41) is 12.4. The molecule has 1 fully saturated rings. The molecule has 23 heavy (non-hydrogen) atoms. The molecule has 1 saturated heterocycles. The maximum Gasteiger partial charge on any atom is 0.341 e. The van der Waals surface area contributed by atoms with Crippen molar-refractivity contribution in [1.29, 1.82) is 0 Å². The highest BCUT2D eigenvalue weighted by atomic mass is 16.7. The van der Waals surface area contributed by atoms with Gasteiger partial charge in [-0.3, -0.25) is 4.79 Å². The Morgan fingerprint density at radius 3 is 2.61 bits per heavy atom. The highest BCUT2D eigenvalue weighted by Gasteiger charge is 2.33. The molecule has 0 aromatic heterocycles. The molecule has 0 spiro atoms. The van der Waals surface area contributed by atoms with E-state index in [1.807, 2.05) is 0 Å². The molecule has 0 bridgehead atoms. The fraction of sp³-hybridized carbons (Fsp3) is 0.400. The third kappa shape index (κ3) is 5.68. The van der Waals surface area contributed by atoms with Gasteiger partial charge in [-0.05, 0) is 36.8 Å². The van der Waals surface area contributed by atoms with Crippen molar-refractivity contribution in [1.82, 2.24) is 5.43 Å². The number of rotatable bonds is 7. The van der Waals surface area contributed by atoms with Crippen LogP contribution >= 0.6 is 0 Å². The standard InChI is InChI=1S/C15H18N2O6/c1-15(22-6-7-23-15)8-13(18)17-16-9-11-2-4-12(5-3-11)21-10-14(19)20/h2-5,9H,6-8,10H2,1H3,(H,17,18)(H,19,20). The Morgan fingerprint density at radius 2 is 2.00 bits per heavy atom. The highest BCUT2D eigenvalue weighted by Crippen LogP contribution is 2.22. The van der Waals surface area contributed by atoms with Gasteiger partial charge in [0.05, 0.1) is 25.8 Å². The molecule has 0 unspecified atom stereocenters. The van der Waals surface area contributed by atoms with Crippen molar-refractivity contribution in [3.63, 3.8) is 0 Å². The van der Waals surface area contributed by atoms with Crippen LogP contribution in [0.3, 0.4) is 0 Å². The lowest BCUT2D eigenvalue weighted by molar-refractivity contribution is -0.159. The molecule has 1 aliphatic heterocycles. The Labute approximate surface area is 133 Å². The minimum absolute atomic E-state index is 0.0618. The second kappa shape index (κ2) is 7.70. The van der Waals surface area contributed by atoms with Crippen molar-refractivity contribution >= 4 is 18.1 Å². The van der Waals surface area contributed by atoms with Crippen molar-refractivity contribution in [3.05, 3.63) is 29.8 Å². The van der Waals surface area contributed by atoms with Crippen LogP contribution in [-0.2, 0) is 19.1 Å². The van der Waals surface area contributed by atoms with E-state index in [1.54, 1.807) is 31.2 Å². The molecule has 2 N–H and O–H groups in total. The predicted octanol–water partition coefficient (Wildman–Crippen LogP) is 0.753. The van der Waals surface area contributed by atoms with Crippen LogP contribution in [0.15, 0.2) is 29.4 Å². The number of nitrogens with one attached hydrogen (secondary N) is 1. The molecular weight excluding hydrogens is 304 g/mol. The molecule has 0 atom stereocenters. The number of carboxylic acid groups (broad SMARTS) is 1. The number of amides is 1. The zero-order valence-electron chi connectivity index (χ0n) is 12.7. The van der Waals surface area contributed by atoms with E-state index < -0.39 is 18.4 Å². The Hall–Kier alpha value is -2.45. The van der Waals surface area contributed by atoms with E-state index in [0.717, 1.165) is 5.56 Å². The highest BCUT2D eigenvalue weighted by molar-refractivity contribution is 5.82. The van der Waals surface area contributed by atoms with Crippen molar-refractivity contribution in [2.24, 2.45) is 5.10 Å². The Morgan fingerprint density at radius 1 is 1.35 bits per heavy atom. The van der Waals surface area contributed by atoms with Gasteiger partial charge in [-0.25, -0.2) is 10.2 Å². The molecule has 1 aromatic rings. The summed E-state index contributed by atoms with van der Waals surface area (Å²) in [7, 11) is 0. The smallest absolute Gasteiger partial charge is 0.341 e. The fourth-order valence-electron chi connectivity index (χ4n) is 1.96. The number of benzene rings is 1. The van der Waals surface area contributed by atoms with Crippen molar-refractivity contribution in [2.75, 3.05) is 19.8 Å². The molecule has 1 amide bonds. The van der Waals surface area contributed by atoms with Gasteiger partial charge < -0.3 is 19.3 Å². The third-order valence-electron chi connectivity index (χ3n) is 3.03. The van der Waals surface area contributed by atoms with E-state index in [2.05, 4.69) is 10.5 Å². The largest absolute Gasteiger partial charge is 0.482 e. The summed E-state index contributed by atoms with van der Waals surface area (Å²) in [6, 6.07) is 6.62. The van der Waals surface area contributed by atoms with Gasteiger partial charge in [-0.15, -0.1) is 0 Å². The van der Waals surface area contributed by atoms with E-state index in [9.17, 15) is 9.59 Å². The molecule has 1 aliphatic rings. The van der Waals surface area contributed by atoms with Crippen molar-refractivity contribution in [2.45, 2.75) is 19.1 Å². The molecule has 0 radical (unpaired) electrons. The van der Waals surface area contributed by atoms with Crippen LogP contribution in [0.25, 0.3) is 0 Å². The number of aliphatic carboxylic acids is 1. The van der Waals surface area contributed by atoms with Crippen LogP contribution in [0.2, 0.25) is 0 Å². The van der Waals surface area contributed by atoms with Gasteiger partial charge in [-0.2, -0.15) is 5.10 Å². The summed E-state index contributed by atoms with van der Waals surface area (Å²) >= 11 is 0. The van der Waals surface area contributed by atoms with Gasteiger partial charge in [0.15, 0.2) is 12.4 Å². The van der Waals surface area contributed by atoms with Gasteiger partial charge in [0.1, 0.15) is 5.75 Å². The molecule has 2 rings (SSSR count). The lowest BCUT2D eigenvalue weighted by atomic mass is 10.2. The van der Waals surface area contributed by atoms with Crippen LogP contribution in [0.4, 0.5) is 0 Å². The second-order valence-electron chi connectivity index (χ2n) is 5.05. The average Bonchev–Trinajstić information content (AvgIpc) is 2.92. The van der Waals surface area contributed by atoms with E-state index in [-0.39, 0.29) is 12.3 Å². The van der Waals surface area contributed by atoms with Crippen LogP contribution < -0.4 is 10.2 Å². The Balaban J connectivity index is 1.78. The van der Waals surface area contributed by atoms with E-state index in [1.165, 1.54) is 6.21 Å². The number of carbonyl (C=O) groups is 2. The Kier molecular flexibility index (Phi) is 5.67. The minimum Gasteiger partial charge on any atom is -0.482 e. The first kappa shape index (κ1) is 16.9. The number of carbonyl (C=O) groups excluding carboxylic acids is 1. The van der Waals surface area contributed by atoms with Crippen LogP contribution in [-0.4, -0.2) is 48.8 Å². The average molecular weight is 322 g/mol. The molecule has 1 aromatic carbocycles. The summed E-state index contributed by atoms with van der Waals surface area (Å²) in [5.41, 5.74) is 3.13. The number of ether oxygens (including phenoxy) is 3. The van der Waals surface area contributed by atoms with Crippen LogP contribution in [0.5, 0.6) is 5.75 Å². The zero-order valence-corrected chi connectivity index (χ0v) is 12.7. The topological polar surface area (TPSA) is 106 Å². The monoisotopic (exact) mass is 322 g/mol. The summed E-state index contributed by atoms with van der Waals surface area (Å²) in [5.74, 6) is -1.80. The van der Waals surface area contributed by atoms with Crippen LogP contribution in [0, 0.1) is 0 Å². The SMILES string of the molecule is CC1(CC(=O)NN=Cc2ccc(OCC(=O)O)cc2)OCCO1. The number of hydrazone groups is 1. The number of nitrogens with zero attached hydrogens (tertiary/aromatic N) is 1. The van der Waals surface area contributed by atoms with E-state index >= 15 is 0 Å². The van der Waals surface area contributed by atoms with Gasteiger partial charge in [-0.1, -0.05) is 0 Å². The predicted molar refractivity (Wildman–Crippen MR) is 80.2 cm³/mol. The molecular formula is C15H18N2O6. The van der Waals surface area contributed by atoms with E-state index in [4.69, 9.17) is 19.3 Å². The van der Waals surface area contributed by atoms with Gasteiger partial charge in [0.2, 0.25) is 5.91 Å². The summed E-state index contributed by atoms with van der Waals surface area (Å²) in [6.07, 6.45) is 1.53. The van der Waals surface area contributed by atoms with E-state index in [0.29, 0.717) is 19.0 Å². The van der Waals surface area contributed by atoms with Crippen LogP contribution in [0.1, 0.15) is 18.9 Å². The fourth-order valence-corrected chi connectivity index (χ4v) is 1.96. The van der Waals surface area contributed by atoms with Gasteiger partial charge in [0.25, 0.3) is 0 Å². The maximum absolute atomic E-state index is 11.7.